The van der Waals surface area contributed by atoms with Gasteiger partial charge in [-0.15, -0.1) is 0 Å². The molecule has 7 heteroatoms. The minimum atomic E-state index is -0.883. The van der Waals surface area contributed by atoms with E-state index in [1.54, 1.807) is 24.9 Å². The van der Waals surface area contributed by atoms with Crippen molar-refractivity contribution in [2.24, 2.45) is 0 Å². The van der Waals surface area contributed by atoms with E-state index >= 15 is 0 Å². The Morgan fingerprint density at radius 2 is 2.15 bits per heavy atom. The van der Waals surface area contributed by atoms with Gasteiger partial charge in [-0.1, -0.05) is 0 Å². The highest BCUT2D eigenvalue weighted by atomic mass is 16.6. The maximum Gasteiger partial charge on any atom is 0.311 e. The summed E-state index contributed by atoms with van der Waals surface area (Å²) in [4.78, 5) is 16.5. The van der Waals surface area contributed by atoms with Gasteiger partial charge >= 0.3 is 5.69 Å². The highest BCUT2D eigenvalue weighted by molar-refractivity contribution is 5.57. The normalized spacial score (nSPS) is 17.8. The number of ether oxygens (including phenoxy) is 1. The number of hydrogen-bond acceptors (Lipinski definition) is 6. The topological polar surface area (TPSA) is 88.7 Å². The molecule has 20 heavy (non-hydrogen) atoms. The molecular weight excluding hydrogens is 262 g/mol. The predicted molar refractivity (Wildman–Crippen MR) is 73.9 cm³/mol. The summed E-state index contributed by atoms with van der Waals surface area (Å²) in [6.07, 6.45) is 1.05. The number of nitro groups is 1. The van der Waals surface area contributed by atoms with E-state index in [2.05, 4.69) is 4.98 Å². The summed E-state index contributed by atoms with van der Waals surface area (Å²) in [5.74, 6) is 0.287. The van der Waals surface area contributed by atoms with Crippen LogP contribution in [0.1, 0.15) is 18.5 Å². The SMILES string of the molecule is Cc1ccc([N+](=O)[O-])c(N(C)CC2(O)CCOCC2)n1. The molecule has 1 aliphatic heterocycles. The van der Waals surface area contributed by atoms with Crippen molar-refractivity contribution in [1.29, 1.82) is 0 Å². The summed E-state index contributed by atoms with van der Waals surface area (Å²) in [6.45, 7) is 3.10. The molecule has 0 unspecified atom stereocenters. The number of pyridine rings is 1. The summed E-state index contributed by atoms with van der Waals surface area (Å²) >= 11 is 0. The zero-order valence-corrected chi connectivity index (χ0v) is 11.7. The lowest BCUT2D eigenvalue weighted by atomic mass is 9.94. The van der Waals surface area contributed by atoms with Gasteiger partial charge in [-0.25, -0.2) is 4.98 Å². The predicted octanol–water partition coefficient (Wildman–Crippen LogP) is 1.28. The van der Waals surface area contributed by atoms with Gasteiger partial charge in [0, 0.05) is 51.4 Å². The van der Waals surface area contributed by atoms with E-state index in [-0.39, 0.29) is 11.5 Å². The first-order valence-corrected chi connectivity index (χ1v) is 6.55. The molecule has 0 atom stereocenters. The van der Waals surface area contributed by atoms with Crippen LogP contribution in [0.4, 0.5) is 11.5 Å². The first-order valence-electron chi connectivity index (χ1n) is 6.55. The Labute approximate surface area is 117 Å². The largest absolute Gasteiger partial charge is 0.388 e. The zero-order valence-electron chi connectivity index (χ0n) is 11.7. The lowest BCUT2D eigenvalue weighted by Crippen LogP contribution is -2.46. The van der Waals surface area contributed by atoms with Crippen molar-refractivity contribution < 1.29 is 14.8 Å². The van der Waals surface area contributed by atoms with E-state index in [4.69, 9.17) is 4.74 Å². The fourth-order valence-corrected chi connectivity index (χ4v) is 2.38. The molecule has 0 bridgehead atoms. The Morgan fingerprint density at radius 3 is 2.75 bits per heavy atom. The highest BCUT2D eigenvalue weighted by Crippen LogP contribution is 2.28. The number of likely N-dealkylation sites (N-methyl/N-ethyl adjacent to an activating group) is 1. The van der Waals surface area contributed by atoms with Crippen molar-refractivity contribution in [2.75, 3.05) is 31.7 Å². The van der Waals surface area contributed by atoms with E-state index in [1.165, 1.54) is 6.07 Å². The molecular formula is C13H19N3O4. The zero-order chi connectivity index (χ0) is 14.8. The van der Waals surface area contributed by atoms with Gasteiger partial charge in [0.05, 0.1) is 10.5 Å². The van der Waals surface area contributed by atoms with Crippen LogP contribution in [-0.4, -0.2) is 47.4 Å². The average molecular weight is 281 g/mol. The molecule has 1 fully saturated rings. The maximum absolute atomic E-state index is 11.1. The minimum absolute atomic E-state index is 0.0474. The van der Waals surface area contributed by atoms with E-state index < -0.39 is 10.5 Å². The lowest BCUT2D eigenvalue weighted by molar-refractivity contribution is -0.384. The molecule has 2 rings (SSSR count). The monoisotopic (exact) mass is 281 g/mol. The quantitative estimate of drug-likeness (QED) is 0.660. The highest BCUT2D eigenvalue weighted by Gasteiger charge is 2.33. The minimum Gasteiger partial charge on any atom is -0.388 e. The van der Waals surface area contributed by atoms with Gasteiger partial charge in [0.1, 0.15) is 0 Å². The van der Waals surface area contributed by atoms with Crippen molar-refractivity contribution in [2.45, 2.75) is 25.4 Å². The smallest absolute Gasteiger partial charge is 0.311 e. The van der Waals surface area contributed by atoms with Crippen molar-refractivity contribution in [1.82, 2.24) is 4.98 Å². The van der Waals surface area contributed by atoms with Crippen LogP contribution in [0, 0.1) is 17.0 Å². The maximum atomic E-state index is 11.1. The molecule has 1 aromatic heterocycles. The fraction of sp³-hybridized carbons (Fsp3) is 0.615. The van der Waals surface area contributed by atoms with Gasteiger partial charge < -0.3 is 14.7 Å². The van der Waals surface area contributed by atoms with Crippen LogP contribution in [0.15, 0.2) is 12.1 Å². The Hall–Kier alpha value is -1.73. The van der Waals surface area contributed by atoms with Crippen LogP contribution in [0.3, 0.4) is 0 Å². The summed E-state index contributed by atoms with van der Waals surface area (Å²) in [5.41, 5.74) is -0.225. The number of aryl methyl sites for hydroxylation is 1. The van der Waals surface area contributed by atoms with Crippen LogP contribution in [0.25, 0.3) is 0 Å². The molecule has 0 amide bonds. The van der Waals surface area contributed by atoms with E-state index in [0.29, 0.717) is 38.3 Å². The van der Waals surface area contributed by atoms with Crippen molar-refractivity contribution >= 4 is 11.5 Å². The first-order chi connectivity index (χ1) is 9.41. The van der Waals surface area contributed by atoms with Crippen LogP contribution < -0.4 is 4.90 Å². The average Bonchev–Trinajstić information content (AvgIpc) is 2.38. The Morgan fingerprint density at radius 1 is 1.50 bits per heavy atom. The second-order valence-corrected chi connectivity index (χ2v) is 5.25. The standard InChI is InChI=1S/C13H19N3O4/c1-10-3-4-11(16(18)19)12(14-10)15(2)9-13(17)5-7-20-8-6-13/h3-4,17H,5-9H2,1-2H3. The second kappa shape index (κ2) is 5.72. The number of nitrogens with zero attached hydrogens (tertiary/aromatic N) is 3. The number of rotatable bonds is 4. The molecule has 0 radical (unpaired) electrons. The molecule has 2 heterocycles. The van der Waals surface area contributed by atoms with Gasteiger partial charge in [-0.3, -0.25) is 10.1 Å². The van der Waals surface area contributed by atoms with Crippen molar-refractivity contribution in [3.8, 4) is 0 Å². The number of anilines is 1. The molecule has 1 aromatic rings. The van der Waals surface area contributed by atoms with Gasteiger partial charge in [-0.2, -0.15) is 0 Å². The summed E-state index contributed by atoms with van der Waals surface area (Å²) in [7, 11) is 1.71. The molecule has 1 saturated heterocycles. The molecule has 110 valence electrons. The fourth-order valence-electron chi connectivity index (χ4n) is 2.38. The van der Waals surface area contributed by atoms with Crippen LogP contribution >= 0.6 is 0 Å². The Balaban J connectivity index is 2.21. The van der Waals surface area contributed by atoms with E-state index in [1.807, 2.05) is 0 Å². The van der Waals surface area contributed by atoms with Gasteiger partial charge in [0.2, 0.25) is 5.82 Å². The number of hydrogen-bond donors (Lipinski definition) is 1. The van der Waals surface area contributed by atoms with Crippen LogP contribution in [-0.2, 0) is 4.74 Å². The summed E-state index contributed by atoms with van der Waals surface area (Å²) in [5, 5.41) is 21.5. The third kappa shape index (κ3) is 3.23. The van der Waals surface area contributed by atoms with Gasteiger partial charge in [0.15, 0.2) is 0 Å². The summed E-state index contributed by atoms with van der Waals surface area (Å²) < 4.78 is 5.23. The first kappa shape index (κ1) is 14.7. The second-order valence-electron chi connectivity index (χ2n) is 5.25. The van der Waals surface area contributed by atoms with Crippen LogP contribution in [0.5, 0.6) is 0 Å². The number of aliphatic hydroxyl groups is 1. The molecule has 0 spiro atoms. The van der Waals surface area contributed by atoms with Gasteiger partial charge in [-0.05, 0) is 13.0 Å². The molecule has 1 N–H and O–H groups in total. The van der Waals surface area contributed by atoms with E-state index in [9.17, 15) is 15.2 Å². The van der Waals surface area contributed by atoms with E-state index in [0.717, 1.165) is 0 Å². The molecule has 0 saturated carbocycles. The Kier molecular flexibility index (Phi) is 4.20. The number of aromatic nitrogens is 1. The molecule has 1 aliphatic rings. The lowest BCUT2D eigenvalue weighted by Gasteiger charge is -2.35. The van der Waals surface area contributed by atoms with Crippen molar-refractivity contribution in [3.63, 3.8) is 0 Å². The van der Waals surface area contributed by atoms with Gasteiger partial charge in [0.25, 0.3) is 0 Å². The molecule has 0 aliphatic carbocycles. The van der Waals surface area contributed by atoms with Crippen LogP contribution in [0.2, 0.25) is 0 Å². The molecule has 7 nitrogen and oxygen atoms in total. The third-order valence-corrected chi connectivity index (χ3v) is 3.51. The van der Waals surface area contributed by atoms with Crippen molar-refractivity contribution in [3.05, 3.63) is 27.9 Å². The Bertz CT molecular complexity index is 500. The third-order valence-electron chi connectivity index (χ3n) is 3.51. The summed E-state index contributed by atoms with van der Waals surface area (Å²) in [6, 6.07) is 3.06. The molecule has 0 aromatic carbocycles.